The lowest BCUT2D eigenvalue weighted by Crippen LogP contribution is -2.69. The second-order valence-corrected chi connectivity index (χ2v) is 8.46. The molecule has 12 nitrogen and oxygen atoms in total. The number of carbonyl (C=O) groups is 4. The first-order valence-electron chi connectivity index (χ1n) is 10.8. The van der Waals surface area contributed by atoms with Gasteiger partial charge in [0.05, 0.1) is 12.0 Å². The number of likely N-dealkylation sites (tertiary alicyclic amines) is 1. The molecule has 0 aromatic carbocycles. The van der Waals surface area contributed by atoms with E-state index in [2.05, 4.69) is 4.99 Å². The summed E-state index contributed by atoms with van der Waals surface area (Å²) in [7, 11) is 0. The molecule has 0 saturated carbocycles. The van der Waals surface area contributed by atoms with Crippen molar-refractivity contribution in [2.45, 2.75) is 45.8 Å². The SMILES string of the molecule is CC(C)C(C)OCC(=O)N1CCN(C(=O)N2C(=O)C(CCCN=C(N)N)C2C(=O)O)CC1. The molecular weight excluding hydrogens is 420 g/mol. The Morgan fingerprint density at radius 3 is 2.25 bits per heavy atom. The van der Waals surface area contributed by atoms with Gasteiger partial charge < -0.3 is 31.1 Å². The maximum absolute atomic E-state index is 12.8. The predicted octanol–water partition coefficient (Wildman–Crippen LogP) is -0.723. The largest absolute Gasteiger partial charge is 0.480 e. The number of hydrogen-bond donors (Lipinski definition) is 3. The van der Waals surface area contributed by atoms with Crippen LogP contribution in [0.5, 0.6) is 0 Å². The summed E-state index contributed by atoms with van der Waals surface area (Å²) >= 11 is 0. The summed E-state index contributed by atoms with van der Waals surface area (Å²) in [5, 5.41) is 9.54. The number of guanidine groups is 1. The fraction of sp³-hybridized carbons (Fsp3) is 0.750. The molecule has 0 aliphatic carbocycles. The molecule has 5 N–H and O–H groups in total. The Morgan fingerprint density at radius 1 is 1.12 bits per heavy atom. The number of imide groups is 1. The van der Waals surface area contributed by atoms with Gasteiger partial charge in [-0.2, -0.15) is 0 Å². The molecule has 4 amide bonds. The number of amides is 4. The molecule has 2 rings (SSSR count). The van der Waals surface area contributed by atoms with Crippen molar-refractivity contribution in [1.82, 2.24) is 14.7 Å². The Hall–Kier alpha value is -2.89. The van der Waals surface area contributed by atoms with E-state index >= 15 is 0 Å². The number of hydrogen-bond acceptors (Lipinski definition) is 6. The lowest BCUT2D eigenvalue weighted by atomic mass is 9.84. The van der Waals surface area contributed by atoms with Crippen molar-refractivity contribution in [2.75, 3.05) is 39.3 Å². The monoisotopic (exact) mass is 454 g/mol. The molecule has 0 bridgehead atoms. The minimum atomic E-state index is -1.23. The van der Waals surface area contributed by atoms with Crippen molar-refractivity contribution >= 4 is 29.8 Å². The average molecular weight is 455 g/mol. The number of urea groups is 1. The number of carboxylic acid groups (broad SMARTS) is 1. The number of carbonyl (C=O) groups excluding carboxylic acids is 3. The van der Waals surface area contributed by atoms with Crippen molar-refractivity contribution in [2.24, 2.45) is 28.3 Å². The standard InChI is InChI=1S/C20H34N6O6/c1-12(2)13(3)32-11-15(27)24-7-9-25(10-8-24)20(31)26-16(18(29)30)14(17(26)28)5-4-6-23-19(21)22/h12-14,16H,4-11H2,1-3H3,(H,29,30)(H4,21,22,23). The minimum absolute atomic E-state index is 0.0273. The highest BCUT2D eigenvalue weighted by Crippen LogP contribution is 2.32. The van der Waals surface area contributed by atoms with Gasteiger partial charge in [0.2, 0.25) is 11.8 Å². The third-order valence-corrected chi connectivity index (χ3v) is 5.95. The van der Waals surface area contributed by atoms with Gasteiger partial charge >= 0.3 is 12.0 Å². The molecule has 3 atom stereocenters. The van der Waals surface area contributed by atoms with Crippen molar-refractivity contribution in [1.29, 1.82) is 0 Å². The zero-order valence-corrected chi connectivity index (χ0v) is 18.9. The van der Waals surface area contributed by atoms with E-state index in [0.29, 0.717) is 25.4 Å². The second-order valence-electron chi connectivity index (χ2n) is 8.46. The Bertz CT molecular complexity index is 745. The van der Waals surface area contributed by atoms with Crippen LogP contribution in [0.4, 0.5) is 4.79 Å². The Balaban J connectivity index is 1.86. The van der Waals surface area contributed by atoms with Crippen LogP contribution in [0, 0.1) is 11.8 Å². The highest BCUT2D eigenvalue weighted by Gasteiger charge is 2.55. The van der Waals surface area contributed by atoms with Crippen molar-refractivity contribution in [3.8, 4) is 0 Å². The van der Waals surface area contributed by atoms with E-state index < -0.39 is 29.9 Å². The van der Waals surface area contributed by atoms with Gasteiger partial charge in [0.25, 0.3) is 0 Å². The highest BCUT2D eigenvalue weighted by molar-refractivity contribution is 6.07. The van der Waals surface area contributed by atoms with Gasteiger partial charge in [-0.05, 0) is 25.7 Å². The van der Waals surface area contributed by atoms with Crippen LogP contribution in [0.3, 0.4) is 0 Å². The maximum atomic E-state index is 12.8. The third-order valence-electron chi connectivity index (χ3n) is 5.95. The van der Waals surface area contributed by atoms with Gasteiger partial charge in [0.1, 0.15) is 6.61 Å². The number of ether oxygens (including phenoxy) is 1. The molecule has 0 spiro atoms. The summed E-state index contributed by atoms with van der Waals surface area (Å²) in [5.74, 6) is -2.46. The van der Waals surface area contributed by atoms with Crippen LogP contribution >= 0.6 is 0 Å². The van der Waals surface area contributed by atoms with Crippen LogP contribution < -0.4 is 11.5 Å². The lowest BCUT2D eigenvalue weighted by molar-refractivity contribution is -0.167. The molecule has 2 aliphatic rings. The summed E-state index contributed by atoms with van der Waals surface area (Å²) in [6.45, 7) is 7.21. The van der Waals surface area contributed by atoms with E-state index in [4.69, 9.17) is 16.2 Å². The molecular formula is C20H34N6O6. The third kappa shape index (κ3) is 6.09. The van der Waals surface area contributed by atoms with Crippen LogP contribution in [0.25, 0.3) is 0 Å². The zero-order chi connectivity index (χ0) is 24.0. The highest BCUT2D eigenvalue weighted by atomic mass is 16.5. The Morgan fingerprint density at radius 2 is 1.72 bits per heavy atom. The van der Waals surface area contributed by atoms with Gasteiger partial charge in [0.15, 0.2) is 12.0 Å². The van der Waals surface area contributed by atoms with Crippen LogP contribution in [0.15, 0.2) is 4.99 Å². The number of β-lactam (4-membered cyclic amide) rings is 1. The van der Waals surface area contributed by atoms with Gasteiger partial charge in [-0.1, -0.05) is 13.8 Å². The normalized spacial score (nSPS) is 21.9. The smallest absolute Gasteiger partial charge is 0.327 e. The Labute approximate surface area is 187 Å². The van der Waals surface area contributed by atoms with E-state index in [0.717, 1.165) is 4.90 Å². The predicted molar refractivity (Wildman–Crippen MR) is 115 cm³/mol. The number of piperazine rings is 1. The zero-order valence-electron chi connectivity index (χ0n) is 18.9. The van der Waals surface area contributed by atoms with Crippen LogP contribution in [-0.4, -0.2) is 101 Å². The van der Waals surface area contributed by atoms with E-state index in [1.54, 1.807) is 4.90 Å². The lowest BCUT2D eigenvalue weighted by Gasteiger charge is -2.46. The van der Waals surface area contributed by atoms with E-state index in [1.807, 2.05) is 20.8 Å². The maximum Gasteiger partial charge on any atom is 0.327 e. The summed E-state index contributed by atoms with van der Waals surface area (Å²) in [6, 6.07) is -1.85. The van der Waals surface area contributed by atoms with Crippen LogP contribution in [0.1, 0.15) is 33.6 Å². The van der Waals surface area contributed by atoms with Crippen molar-refractivity contribution in [3.63, 3.8) is 0 Å². The molecule has 2 heterocycles. The molecule has 3 unspecified atom stereocenters. The molecule has 2 aliphatic heterocycles. The van der Waals surface area contributed by atoms with Gasteiger partial charge in [0, 0.05) is 32.7 Å². The number of rotatable bonds is 9. The molecule has 2 saturated heterocycles. The number of aliphatic imine (C=N–C) groups is 1. The van der Waals surface area contributed by atoms with Gasteiger partial charge in [-0.3, -0.25) is 14.6 Å². The Kier molecular flexibility index (Phi) is 8.81. The first-order chi connectivity index (χ1) is 15.0. The van der Waals surface area contributed by atoms with Crippen molar-refractivity contribution in [3.05, 3.63) is 0 Å². The summed E-state index contributed by atoms with van der Waals surface area (Å²) in [5.41, 5.74) is 10.5. The molecule has 32 heavy (non-hydrogen) atoms. The summed E-state index contributed by atoms with van der Waals surface area (Å²) in [4.78, 5) is 57.0. The first-order valence-corrected chi connectivity index (χ1v) is 10.8. The molecule has 180 valence electrons. The van der Waals surface area contributed by atoms with Gasteiger partial charge in [-0.15, -0.1) is 0 Å². The molecule has 0 aromatic rings. The quantitative estimate of drug-likeness (QED) is 0.177. The van der Waals surface area contributed by atoms with Crippen molar-refractivity contribution < 1.29 is 29.0 Å². The van der Waals surface area contributed by atoms with E-state index in [-0.39, 0.29) is 50.6 Å². The topological polar surface area (TPSA) is 172 Å². The number of nitrogens with zero attached hydrogens (tertiary/aromatic N) is 4. The van der Waals surface area contributed by atoms with Crippen LogP contribution in [0.2, 0.25) is 0 Å². The minimum Gasteiger partial charge on any atom is -0.480 e. The van der Waals surface area contributed by atoms with Crippen LogP contribution in [-0.2, 0) is 19.1 Å². The van der Waals surface area contributed by atoms with E-state index in [1.165, 1.54) is 4.90 Å². The molecule has 12 heteroatoms. The molecule has 2 fully saturated rings. The number of nitrogens with two attached hydrogens (primary N) is 2. The first kappa shape index (κ1) is 25.4. The number of aliphatic carboxylic acids is 1. The number of carboxylic acids is 1. The average Bonchev–Trinajstić information content (AvgIpc) is 2.74. The van der Waals surface area contributed by atoms with E-state index in [9.17, 15) is 24.3 Å². The summed E-state index contributed by atoms with van der Waals surface area (Å²) in [6.07, 6.45) is 0.658. The fourth-order valence-electron chi connectivity index (χ4n) is 3.63. The summed E-state index contributed by atoms with van der Waals surface area (Å²) < 4.78 is 5.57. The van der Waals surface area contributed by atoms with Gasteiger partial charge in [-0.25, -0.2) is 14.5 Å². The second kappa shape index (κ2) is 11.1. The fourth-order valence-corrected chi connectivity index (χ4v) is 3.63. The molecule has 0 radical (unpaired) electrons. The molecule has 0 aromatic heterocycles.